The Kier molecular flexibility index (Phi) is 6.49. The number of anilines is 2. The second-order valence-electron chi connectivity index (χ2n) is 6.03. The highest BCUT2D eigenvalue weighted by Crippen LogP contribution is 2.30. The van der Waals surface area contributed by atoms with Crippen molar-refractivity contribution >= 4 is 17.3 Å². The lowest BCUT2D eigenvalue weighted by Gasteiger charge is -2.27. The number of hydrogen-bond acceptors (Lipinski definition) is 3. The normalized spacial score (nSPS) is 12.3. The first-order chi connectivity index (χ1) is 12.3. The van der Waals surface area contributed by atoms with Crippen LogP contribution in [0.25, 0.3) is 0 Å². The predicted molar refractivity (Wildman–Crippen MR) is 97.3 cm³/mol. The maximum atomic E-state index is 12.7. The molecule has 2 aromatic carbocycles. The van der Waals surface area contributed by atoms with Gasteiger partial charge in [-0.25, -0.2) is 0 Å². The van der Waals surface area contributed by atoms with Crippen molar-refractivity contribution in [2.45, 2.75) is 19.1 Å². The van der Waals surface area contributed by atoms with E-state index in [0.717, 1.165) is 17.8 Å². The van der Waals surface area contributed by atoms with Crippen molar-refractivity contribution in [2.24, 2.45) is 0 Å². The quantitative estimate of drug-likeness (QED) is 0.785. The van der Waals surface area contributed by atoms with Crippen molar-refractivity contribution in [1.82, 2.24) is 5.32 Å². The summed E-state index contributed by atoms with van der Waals surface area (Å²) in [5.41, 5.74) is 0.543. The lowest BCUT2D eigenvalue weighted by Crippen LogP contribution is -2.41. The molecule has 4 nitrogen and oxygen atoms in total. The van der Waals surface area contributed by atoms with Crippen molar-refractivity contribution in [3.05, 3.63) is 60.2 Å². The summed E-state index contributed by atoms with van der Waals surface area (Å²) in [5.74, 6) is -0.282. The minimum Gasteiger partial charge on any atom is -0.376 e. The van der Waals surface area contributed by atoms with Gasteiger partial charge in [-0.3, -0.25) is 4.79 Å². The van der Waals surface area contributed by atoms with Gasteiger partial charge in [0.25, 0.3) is 0 Å². The van der Waals surface area contributed by atoms with Crippen LogP contribution in [0.5, 0.6) is 0 Å². The van der Waals surface area contributed by atoms with Crippen LogP contribution in [0.15, 0.2) is 54.6 Å². The lowest BCUT2D eigenvalue weighted by atomic mass is 10.2. The van der Waals surface area contributed by atoms with Crippen molar-refractivity contribution in [2.75, 3.05) is 30.4 Å². The SMILES string of the molecule is CC(CNC(=O)CNc1cccc(C(F)(F)F)c1)N(C)c1ccccc1. The number of nitrogens with zero attached hydrogens (tertiary/aromatic N) is 1. The van der Waals surface area contributed by atoms with E-state index in [1.54, 1.807) is 0 Å². The fraction of sp³-hybridized carbons (Fsp3) is 0.316. The summed E-state index contributed by atoms with van der Waals surface area (Å²) in [6.07, 6.45) is -4.41. The summed E-state index contributed by atoms with van der Waals surface area (Å²) < 4.78 is 38.0. The van der Waals surface area contributed by atoms with E-state index in [1.807, 2.05) is 49.2 Å². The third kappa shape index (κ3) is 5.68. The highest BCUT2D eigenvalue weighted by atomic mass is 19.4. The number of amides is 1. The number of carbonyl (C=O) groups excluding carboxylic acids is 1. The maximum Gasteiger partial charge on any atom is 0.416 e. The minimum absolute atomic E-state index is 0.0647. The highest BCUT2D eigenvalue weighted by molar-refractivity contribution is 5.80. The van der Waals surface area contributed by atoms with Crippen LogP contribution < -0.4 is 15.5 Å². The summed E-state index contributed by atoms with van der Waals surface area (Å²) >= 11 is 0. The zero-order chi connectivity index (χ0) is 19.2. The average molecular weight is 365 g/mol. The van der Waals surface area contributed by atoms with E-state index in [-0.39, 0.29) is 24.2 Å². The van der Waals surface area contributed by atoms with E-state index in [2.05, 4.69) is 10.6 Å². The summed E-state index contributed by atoms with van der Waals surface area (Å²) in [6.45, 7) is 2.31. The Morgan fingerprint density at radius 2 is 1.81 bits per heavy atom. The molecule has 0 bridgehead atoms. The van der Waals surface area contributed by atoms with Gasteiger partial charge in [-0.05, 0) is 37.3 Å². The Hall–Kier alpha value is -2.70. The molecular formula is C19H22F3N3O. The Balaban J connectivity index is 1.80. The van der Waals surface area contributed by atoms with Crippen molar-refractivity contribution in [1.29, 1.82) is 0 Å². The van der Waals surface area contributed by atoms with Crippen LogP contribution in [0.2, 0.25) is 0 Å². The monoisotopic (exact) mass is 365 g/mol. The standard InChI is InChI=1S/C19H22F3N3O/c1-14(25(2)17-9-4-3-5-10-17)12-24-18(26)13-23-16-8-6-7-15(11-16)19(20,21)22/h3-11,14,23H,12-13H2,1-2H3,(H,24,26). The highest BCUT2D eigenvalue weighted by Gasteiger charge is 2.30. The smallest absolute Gasteiger partial charge is 0.376 e. The van der Waals surface area contributed by atoms with Gasteiger partial charge in [0, 0.05) is 31.0 Å². The Labute approximate surface area is 151 Å². The molecule has 2 N–H and O–H groups in total. The van der Waals surface area contributed by atoms with Crippen LogP contribution in [0.1, 0.15) is 12.5 Å². The molecule has 140 valence electrons. The van der Waals surface area contributed by atoms with Crippen LogP contribution in [0.3, 0.4) is 0 Å². The first-order valence-electron chi connectivity index (χ1n) is 8.23. The third-order valence-corrected chi connectivity index (χ3v) is 4.06. The number of benzene rings is 2. The molecule has 7 heteroatoms. The van der Waals surface area contributed by atoms with Gasteiger partial charge in [-0.15, -0.1) is 0 Å². The average Bonchev–Trinajstić information content (AvgIpc) is 2.64. The molecule has 0 spiro atoms. The number of para-hydroxylation sites is 1. The van der Waals surface area contributed by atoms with Gasteiger partial charge in [0.1, 0.15) is 0 Å². The van der Waals surface area contributed by atoms with Gasteiger partial charge in [-0.1, -0.05) is 24.3 Å². The fourth-order valence-electron chi connectivity index (χ4n) is 2.37. The number of nitrogens with one attached hydrogen (secondary N) is 2. The molecule has 1 atom stereocenters. The molecule has 1 amide bonds. The summed E-state index contributed by atoms with van der Waals surface area (Å²) in [6, 6.07) is 14.6. The molecule has 0 saturated carbocycles. The van der Waals surface area contributed by atoms with E-state index in [1.165, 1.54) is 12.1 Å². The molecule has 0 heterocycles. The van der Waals surface area contributed by atoms with Crippen LogP contribution in [0, 0.1) is 0 Å². The molecule has 2 rings (SSSR count). The number of likely N-dealkylation sites (N-methyl/N-ethyl adjacent to an activating group) is 1. The second-order valence-corrected chi connectivity index (χ2v) is 6.03. The molecule has 0 aliphatic heterocycles. The van der Waals surface area contributed by atoms with E-state index in [0.29, 0.717) is 6.54 Å². The van der Waals surface area contributed by atoms with E-state index < -0.39 is 11.7 Å². The number of hydrogen-bond donors (Lipinski definition) is 2. The first kappa shape index (κ1) is 19.6. The van der Waals surface area contributed by atoms with Crippen molar-refractivity contribution in [3.63, 3.8) is 0 Å². The molecule has 0 aliphatic carbocycles. The molecule has 0 radical (unpaired) electrons. The van der Waals surface area contributed by atoms with Crippen LogP contribution in [0.4, 0.5) is 24.5 Å². The second kappa shape index (κ2) is 8.60. The summed E-state index contributed by atoms with van der Waals surface area (Å²) in [5, 5.41) is 5.50. The third-order valence-electron chi connectivity index (χ3n) is 4.06. The summed E-state index contributed by atoms with van der Waals surface area (Å²) in [4.78, 5) is 14.0. The van der Waals surface area contributed by atoms with E-state index >= 15 is 0 Å². The van der Waals surface area contributed by atoms with E-state index in [4.69, 9.17) is 0 Å². The largest absolute Gasteiger partial charge is 0.416 e. The molecule has 1 unspecified atom stereocenters. The van der Waals surface area contributed by atoms with Gasteiger partial charge < -0.3 is 15.5 Å². The molecule has 26 heavy (non-hydrogen) atoms. The van der Waals surface area contributed by atoms with Gasteiger partial charge in [0.15, 0.2) is 0 Å². The van der Waals surface area contributed by atoms with E-state index in [9.17, 15) is 18.0 Å². The van der Waals surface area contributed by atoms with Crippen LogP contribution in [-0.4, -0.2) is 32.1 Å². The molecule has 0 saturated heterocycles. The van der Waals surface area contributed by atoms with Crippen LogP contribution in [-0.2, 0) is 11.0 Å². The number of carbonyl (C=O) groups is 1. The topological polar surface area (TPSA) is 44.4 Å². The molecular weight excluding hydrogens is 343 g/mol. The zero-order valence-corrected chi connectivity index (χ0v) is 14.7. The Morgan fingerprint density at radius 3 is 2.46 bits per heavy atom. The van der Waals surface area contributed by atoms with Gasteiger partial charge in [-0.2, -0.15) is 13.2 Å². The lowest BCUT2D eigenvalue weighted by molar-refractivity contribution is -0.137. The van der Waals surface area contributed by atoms with Gasteiger partial charge in [0.05, 0.1) is 12.1 Å². The molecule has 0 fully saturated rings. The maximum absolute atomic E-state index is 12.7. The molecule has 0 aliphatic rings. The van der Waals surface area contributed by atoms with Gasteiger partial charge >= 0.3 is 6.18 Å². The summed E-state index contributed by atoms with van der Waals surface area (Å²) in [7, 11) is 1.94. The number of alkyl halides is 3. The fourth-order valence-corrected chi connectivity index (χ4v) is 2.37. The minimum atomic E-state index is -4.41. The van der Waals surface area contributed by atoms with Crippen molar-refractivity contribution in [3.8, 4) is 0 Å². The Morgan fingerprint density at radius 1 is 1.12 bits per heavy atom. The molecule has 0 aromatic heterocycles. The zero-order valence-electron chi connectivity index (χ0n) is 14.7. The Bertz CT molecular complexity index is 719. The predicted octanol–water partition coefficient (Wildman–Crippen LogP) is 3.76. The van der Waals surface area contributed by atoms with Crippen LogP contribution >= 0.6 is 0 Å². The number of rotatable bonds is 7. The number of halogens is 3. The van der Waals surface area contributed by atoms with Crippen molar-refractivity contribution < 1.29 is 18.0 Å². The first-order valence-corrected chi connectivity index (χ1v) is 8.23. The molecule has 2 aromatic rings. The van der Waals surface area contributed by atoms with Gasteiger partial charge in [0.2, 0.25) is 5.91 Å².